The number of carbonyl (C=O) groups is 2. The lowest BCUT2D eigenvalue weighted by atomic mass is 10.0. The molecule has 4 heteroatoms. The molecule has 70 valence electrons. The minimum Gasteiger partial charge on any atom is -0.458 e. The van der Waals surface area contributed by atoms with Crippen molar-refractivity contribution in [3.63, 3.8) is 0 Å². The molecule has 2 aliphatic rings. The highest BCUT2D eigenvalue weighted by molar-refractivity contribution is 5.73. The Labute approximate surface area is 75.5 Å². The maximum absolute atomic E-state index is 10.9. The van der Waals surface area contributed by atoms with Crippen LogP contribution in [0.1, 0.15) is 13.3 Å². The molecule has 0 spiro atoms. The fourth-order valence-corrected chi connectivity index (χ4v) is 1.76. The number of hydrogen-bond acceptors (Lipinski definition) is 4. The lowest BCUT2D eigenvalue weighted by Crippen LogP contribution is -2.24. The highest BCUT2D eigenvalue weighted by Crippen LogP contribution is 2.33. The summed E-state index contributed by atoms with van der Waals surface area (Å²) in [5.74, 6) is -0.539. The van der Waals surface area contributed by atoms with Crippen molar-refractivity contribution in [2.24, 2.45) is 5.92 Å². The highest BCUT2D eigenvalue weighted by atomic mass is 16.6. The van der Waals surface area contributed by atoms with E-state index < -0.39 is 0 Å². The Morgan fingerprint density at radius 2 is 2.38 bits per heavy atom. The van der Waals surface area contributed by atoms with Crippen molar-refractivity contribution in [3.8, 4) is 0 Å². The molecule has 0 unspecified atom stereocenters. The first-order valence-electron chi connectivity index (χ1n) is 4.22. The standard InChI is InChI=1S/C9H10O4/c1-5(10)12-7-2-3-8-6(7)4-9(11)13-8/h2-3,6-8H,4H2,1H3/t6-,7-,8+/m0/s1. The molecular weight excluding hydrogens is 172 g/mol. The van der Waals surface area contributed by atoms with Gasteiger partial charge in [0.25, 0.3) is 0 Å². The predicted molar refractivity (Wildman–Crippen MR) is 42.7 cm³/mol. The smallest absolute Gasteiger partial charge is 0.306 e. The highest BCUT2D eigenvalue weighted by Gasteiger charge is 2.42. The van der Waals surface area contributed by atoms with E-state index in [1.54, 1.807) is 12.2 Å². The van der Waals surface area contributed by atoms with Crippen molar-refractivity contribution < 1.29 is 19.1 Å². The molecule has 1 aliphatic carbocycles. The van der Waals surface area contributed by atoms with Crippen LogP contribution in [-0.4, -0.2) is 24.1 Å². The van der Waals surface area contributed by atoms with Crippen LogP contribution >= 0.6 is 0 Å². The van der Waals surface area contributed by atoms with E-state index in [2.05, 4.69) is 0 Å². The van der Waals surface area contributed by atoms with E-state index in [0.29, 0.717) is 6.42 Å². The monoisotopic (exact) mass is 182 g/mol. The van der Waals surface area contributed by atoms with Crippen LogP contribution in [0.15, 0.2) is 12.2 Å². The lowest BCUT2D eigenvalue weighted by Gasteiger charge is -2.15. The van der Waals surface area contributed by atoms with Gasteiger partial charge in [-0.15, -0.1) is 0 Å². The number of esters is 2. The lowest BCUT2D eigenvalue weighted by molar-refractivity contribution is -0.146. The van der Waals surface area contributed by atoms with E-state index >= 15 is 0 Å². The quantitative estimate of drug-likeness (QED) is 0.435. The Balaban J connectivity index is 2.05. The van der Waals surface area contributed by atoms with Gasteiger partial charge in [-0.1, -0.05) is 0 Å². The molecule has 2 rings (SSSR count). The van der Waals surface area contributed by atoms with Gasteiger partial charge in [-0.05, 0) is 12.2 Å². The molecule has 0 aromatic rings. The summed E-state index contributed by atoms with van der Waals surface area (Å²) in [6, 6.07) is 0. The summed E-state index contributed by atoms with van der Waals surface area (Å²) >= 11 is 0. The first kappa shape index (κ1) is 8.29. The summed E-state index contributed by atoms with van der Waals surface area (Å²) in [5, 5.41) is 0. The topological polar surface area (TPSA) is 52.6 Å². The third-order valence-electron chi connectivity index (χ3n) is 2.31. The molecule has 0 N–H and O–H groups in total. The Kier molecular flexibility index (Phi) is 1.83. The van der Waals surface area contributed by atoms with Crippen LogP contribution in [0.25, 0.3) is 0 Å². The van der Waals surface area contributed by atoms with Crippen molar-refractivity contribution in [2.75, 3.05) is 0 Å². The summed E-state index contributed by atoms with van der Waals surface area (Å²) < 4.78 is 10.00. The van der Waals surface area contributed by atoms with Gasteiger partial charge in [0, 0.05) is 6.92 Å². The summed E-state index contributed by atoms with van der Waals surface area (Å²) in [6.45, 7) is 1.36. The van der Waals surface area contributed by atoms with Crippen molar-refractivity contribution in [1.82, 2.24) is 0 Å². The number of fused-ring (bicyclic) bond motifs is 1. The Bertz CT molecular complexity index is 281. The summed E-state index contributed by atoms with van der Waals surface area (Å²) in [4.78, 5) is 21.6. The maximum Gasteiger partial charge on any atom is 0.306 e. The first-order valence-corrected chi connectivity index (χ1v) is 4.22. The molecule has 1 saturated heterocycles. The minimum absolute atomic E-state index is 0.00333. The molecule has 1 aliphatic heterocycles. The molecule has 0 saturated carbocycles. The zero-order valence-corrected chi connectivity index (χ0v) is 7.23. The normalized spacial score (nSPS) is 35.8. The Hall–Kier alpha value is -1.32. The van der Waals surface area contributed by atoms with Gasteiger partial charge in [-0.25, -0.2) is 0 Å². The second-order valence-corrected chi connectivity index (χ2v) is 3.28. The molecule has 0 aromatic heterocycles. The predicted octanol–water partition coefficient (Wildman–Crippen LogP) is 0.420. The largest absolute Gasteiger partial charge is 0.458 e. The van der Waals surface area contributed by atoms with Gasteiger partial charge in [0.1, 0.15) is 12.2 Å². The molecule has 0 bridgehead atoms. The van der Waals surface area contributed by atoms with E-state index in [1.165, 1.54) is 6.92 Å². The Morgan fingerprint density at radius 3 is 3.08 bits per heavy atom. The van der Waals surface area contributed by atoms with Gasteiger partial charge in [0.2, 0.25) is 0 Å². The molecule has 3 atom stereocenters. The second kappa shape index (κ2) is 2.87. The third-order valence-corrected chi connectivity index (χ3v) is 2.31. The van der Waals surface area contributed by atoms with E-state index in [1.807, 2.05) is 0 Å². The van der Waals surface area contributed by atoms with E-state index in [9.17, 15) is 9.59 Å². The van der Waals surface area contributed by atoms with Crippen LogP contribution in [0.2, 0.25) is 0 Å². The molecular formula is C9H10O4. The zero-order chi connectivity index (χ0) is 9.42. The first-order chi connectivity index (χ1) is 6.16. The number of rotatable bonds is 1. The number of carbonyl (C=O) groups excluding carboxylic acids is 2. The van der Waals surface area contributed by atoms with Gasteiger partial charge in [0.05, 0.1) is 12.3 Å². The second-order valence-electron chi connectivity index (χ2n) is 3.28. The van der Waals surface area contributed by atoms with E-state index in [0.717, 1.165) is 0 Å². The zero-order valence-electron chi connectivity index (χ0n) is 7.23. The molecule has 0 radical (unpaired) electrons. The Morgan fingerprint density at radius 1 is 1.62 bits per heavy atom. The van der Waals surface area contributed by atoms with Gasteiger partial charge < -0.3 is 9.47 Å². The van der Waals surface area contributed by atoms with Crippen molar-refractivity contribution in [1.29, 1.82) is 0 Å². The average molecular weight is 182 g/mol. The van der Waals surface area contributed by atoms with Crippen LogP contribution in [0.4, 0.5) is 0 Å². The SMILES string of the molecule is CC(=O)O[C@H]1C=C[C@H]2OC(=O)C[C@@H]12. The van der Waals surface area contributed by atoms with Gasteiger partial charge in [-0.2, -0.15) is 0 Å². The average Bonchev–Trinajstić information content (AvgIpc) is 2.51. The maximum atomic E-state index is 10.9. The van der Waals surface area contributed by atoms with Crippen LogP contribution in [0, 0.1) is 5.92 Å². The van der Waals surface area contributed by atoms with Crippen LogP contribution < -0.4 is 0 Å². The number of hydrogen-bond donors (Lipinski definition) is 0. The summed E-state index contributed by atoms with van der Waals surface area (Å²) in [5.41, 5.74) is 0. The third kappa shape index (κ3) is 1.43. The number of ether oxygens (including phenoxy) is 2. The van der Waals surface area contributed by atoms with Gasteiger partial charge >= 0.3 is 11.9 Å². The minimum atomic E-state index is -0.324. The van der Waals surface area contributed by atoms with Crippen LogP contribution in [0.5, 0.6) is 0 Å². The van der Waals surface area contributed by atoms with E-state index in [4.69, 9.17) is 9.47 Å². The molecule has 13 heavy (non-hydrogen) atoms. The van der Waals surface area contributed by atoms with Crippen LogP contribution in [0.3, 0.4) is 0 Å². The summed E-state index contributed by atoms with van der Waals surface area (Å²) in [7, 11) is 0. The molecule has 0 amide bonds. The fourth-order valence-electron chi connectivity index (χ4n) is 1.76. The fraction of sp³-hybridized carbons (Fsp3) is 0.556. The van der Waals surface area contributed by atoms with Gasteiger partial charge in [-0.3, -0.25) is 9.59 Å². The van der Waals surface area contributed by atoms with Gasteiger partial charge in [0.15, 0.2) is 0 Å². The molecule has 1 heterocycles. The van der Waals surface area contributed by atoms with Crippen molar-refractivity contribution in [2.45, 2.75) is 25.6 Å². The molecule has 1 fully saturated rings. The molecule has 4 nitrogen and oxygen atoms in total. The van der Waals surface area contributed by atoms with Crippen LogP contribution in [-0.2, 0) is 19.1 Å². The molecule has 0 aromatic carbocycles. The van der Waals surface area contributed by atoms with E-state index in [-0.39, 0.29) is 30.1 Å². The summed E-state index contributed by atoms with van der Waals surface area (Å²) in [6.07, 6.45) is 3.44. The van der Waals surface area contributed by atoms with Crippen molar-refractivity contribution >= 4 is 11.9 Å². The van der Waals surface area contributed by atoms with Crippen molar-refractivity contribution in [3.05, 3.63) is 12.2 Å².